The number of rotatable bonds is 6. The zero-order valence-corrected chi connectivity index (χ0v) is 12.9. The standard InChI is InChI=1S/C19H18O4/c1-4-18(20)22-16-9-5-14(6-10-16)15-7-11-17(12-8-15)23-19(21)13(2)3/h4-12,18,20H,1-2H2,3H3. The monoisotopic (exact) mass is 310 g/mol. The zero-order chi connectivity index (χ0) is 16.8. The molecule has 0 aliphatic heterocycles. The molecule has 118 valence electrons. The van der Waals surface area contributed by atoms with Gasteiger partial charge in [0.25, 0.3) is 0 Å². The van der Waals surface area contributed by atoms with E-state index >= 15 is 0 Å². The summed E-state index contributed by atoms with van der Waals surface area (Å²) >= 11 is 0. The van der Waals surface area contributed by atoms with Crippen molar-refractivity contribution in [1.29, 1.82) is 0 Å². The van der Waals surface area contributed by atoms with Crippen molar-refractivity contribution in [2.75, 3.05) is 0 Å². The third kappa shape index (κ3) is 4.56. The SMILES string of the molecule is C=CC(O)Oc1ccc(-c2ccc(OC(=O)C(=C)C)cc2)cc1. The van der Waals surface area contributed by atoms with Gasteiger partial charge in [0.1, 0.15) is 11.5 Å². The van der Waals surface area contributed by atoms with E-state index in [-0.39, 0.29) is 0 Å². The molecule has 0 bridgehead atoms. The number of benzene rings is 2. The van der Waals surface area contributed by atoms with Crippen LogP contribution < -0.4 is 9.47 Å². The predicted molar refractivity (Wildman–Crippen MR) is 89.2 cm³/mol. The van der Waals surface area contributed by atoms with Crippen molar-refractivity contribution in [3.8, 4) is 22.6 Å². The van der Waals surface area contributed by atoms with Crippen molar-refractivity contribution in [1.82, 2.24) is 0 Å². The lowest BCUT2D eigenvalue weighted by atomic mass is 10.1. The van der Waals surface area contributed by atoms with E-state index in [4.69, 9.17) is 9.47 Å². The van der Waals surface area contributed by atoms with Crippen molar-refractivity contribution in [2.45, 2.75) is 13.2 Å². The summed E-state index contributed by atoms with van der Waals surface area (Å²) in [6, 6.07) is 14.4. The van der Waals surface area contributed by atoms with E-state index in [1.165, 1.54) is 6.08 Å². The number of carbonyl (C=O) groups excluding carboxylic acids is 1. The Hall–Kier alpha value is -2.85. The van der Waals surface area contributed by atoms with Crippen LogP contribution in [0.3, 0.4) is 0 Å². The molecule has 0 amide bonds. The number of aliphatic hydroxyl groups is 1. The number of ether oxygens (including phenoxy) is 2. The average Bonchev–Trinajstić information content (AvgIpc) is 2.56. The van der Waals surface area contributed by atoms with Crippen molar-refractivity contribution in [2.24, 2.45) is 0 Å². The molecule has 0 saturated carbocycles. The third-order valence-electron chi connectivity index (χ3n) is 3.06. The van der Waals surface area contributed by atoms with Crippen molar-refractivity contribution >= 4 is 5.97 Å². The van der Waals surface area contributed by atoms with Gasteiger partial charge in [-0.15, -0.1) is 0 Å². The van der Waals surface area contributed by atoms with Crippen LogP contribution in [0, 0.1) is 0 Å². The van der Waals surface area contributed by atoms with Crippen LogP contribution in [-0.4, -0.2) is 17.4 Å². The van der Waals surface area contributed by atoms with Crippen molar-refractivity contribution in [3.63, 3.8) is 0 Å². The minimum Gasteiger partial charge on any atom is -0.461 e. The molecule has 2 rings (SSSR count). The summed E-state index contributed by atoms with van der Waals surface area (Å²) in [5.74, 6) is 0.573. The molecule has 0 saturated heterocycles. The molecule has 0 aliphatic rings. The number of hydrogen-bond donors (Lipinski definition) is 1. The van der Waals surface area contributed by atoms with Crippen LogP contribution in [0.1, 0.15) is 6.92 Å². The van der Waals surface area contributed by atoms with E-state index in [9.17, 15) is 9.90 Å². The molecule has 1 unspecified atom stereocenters. The van der Waals surface area contributed by atoms with Gasteiger partial charge in [-0.05, 0) is 48.4 Å². The maximum absolute atomic E-state index is 11.5. The molecular weight excluding hydrogens is 292 g/mol. The first-order valence-electron chi connectivity index (χ1n) is 7.05. The molecule has 0 aliphatic carbocycles. The largest absolute Gasteiger partial charge is 0.461 e. The Morgan fingerprint density at radius 2 is 1.52 bits per heavy atom. The molecule has 2 aromatic carbocycles. The molecule has 23 heavy (non-hydrogen) atoms. The van der Waals surface area contributed by atoms with Crippen LogP contribution in [0.4, 0.5) is 0 Å². The van der Waals surface area contributed by atoms with Gasteiger partial charge in [0.15, 0.2) is 0 Å². The maximum Gasteiger partial charge on any atom is 0.338 e. The Kier molecular flexibility index (Phi) is 5.33. The van der Waals surface area contributed by atoms with Gasteiger partial charge in [-0.2, -0.15) is 0 Å². The fraction of sp³-hybridized carbons (Fsp3) is 0.105. The second kappa shape index (κ2) is 7.42. The van der Waals surface area contributed by atoms with Crippen LogP contribution in [0.5, 0.6) is 11.5 Å². The average molecular weight is 310 g/mol. The lowest BCUT2D eigenvalue weighted by Crippen LogP contribution is -2.10. The Morgan fingerprint density at radius 3 is 1.96 bits per heavy atom. The van der Waals surface area contributed by atoms with Gasteiger partial charge < -0.3 is 14.6 Å². The Balaban J connectivity index is 2.08. The Bertz CT molecular complexity index is 699. The number of carbonyl (C=O) groups is 1. The summed E-state index contributed by atoms with van der Waals surface area (Å²) in [4.78, 5) is 11.5. The summed E-state index contributed by atoms with van der Waals surface area (Å²) in [6.45, 7) is 8.59. The summed E-state index contributed by atoms with van der Waals surface area (Å²) in [5, 5.41) is 9.35. The molecule has 0 heterocycles. The second-order valence-corrected chi connectivity index (χ2v) is 4.96. The minimum atomic E-state index is -1.02. The minimum absolute atomic E-state index is 0.353. The van der Waals surface area contributed by atoms with Gasteiger partial charge >= 0.3 is 5.97 Å². The molecule has 1 atom stereocenters. The third-order valence-corrected chi connectivity index (χ3v) is 3.06. The molecule has 0 aromatic heterocycles. The van der Waals surface area contributed by atoms with Crippen LogP contribution in [0.15, 0.2) is 73.3 Å². The second-order valence-electron chi connectivity index (χ2n) is 4.96. The molecule has 0 radical (unpaired) electrons. The molecular formula is C19H18O4. The lowest BCUT2D eigenvalue weighted by Gasteiger charge is -2.10. The highest BCUT2D eigenvalue weighted by Gasteiger charge is 2.06. The highest BCUT2D eigenvalue weighted by atomic mass is 16.6. The van der Waals surface area contributed by atoms with Crippen LogP contribution >= 0.6 is 0 Å². The normalized spacial score (nSPS) is 11.4. The number of hydrogen-bond acceptors (Lipinski definition) is 4. The van der Waals surface area contributed by atoms with Gasteiger partial charge in [0, 0.05) is 5.57 Å². The molecule has 2 aromatic rings. The summed E-state index contributed by atoms with van der Waals surface area (Å²) in [6.07, 6.45) is 0.280. The highest BCUT2D eigenvalue weighted by Crippen LogP contribution is 2.25. The predicted octanol–water partition coefficient (Wildman–Crippen LogP) is 3.72. The van der Waals surface area contributed by atoms with Gasteiger partial charge in [-0.1, -0.05) is 37.4 Å². The van der Waals surface area contributed by atoms with E-state index < -0.39 is 12.3 Å². The summed E-state index contributed by atoms with van der Waals surface area (Å²) in [7, 11) is 0. The fourth-order valence-electron chi connectivity index (χ4n) is 1.82. The first-order valence-corrected chi connectivity index (χ1v) is 7.05. The number of esters is 1. The smallest absolute Gasteiger partial charge is 0.338 e. The quantitative estimate of drug-likeness (QED) is 0.290. The Morgan fingerprint density at radius 1 is 1.04 bits per heavy atom. The molecule has 1 N–H and O–H groups in total. The van der Waals surface area contributed by atoms with Gasteiger partial charge in [-0.3, -0.25) is 0 Å². The van der Waals surface area contributed by atoms with E-state index in [0.29, 0.717) is 17.1 Å². The van der Waals surface area contributed by atoms with E-state index in [2.05, 4.69) is 13.2 Å². The van der Waals surface area contributed by atoms with E-state index in [1.807, 2.05) is 24.3 Å². The summed E-state index contributed by atoms with van der Waals surface area (Å²) < 4.78 is 10.4. The first-order chi connectivity index (χ1) is 11.0. The fourth-order valence-corrected chi connectivity index (χ4v) is 1.82. The molecule has 0 spiro atoms. The maximum atomic E-state index is 11.5. The van der Waals surface area contributed by atoms with Gasteiger partial charge in [0.05, 0.1) is 0 Å². The molecule has 4 nitrogen and oxygen atoms in total. The first kappa shape index (κ1) is 16.5. The van der Waals surface area contributed by atoms with Crippen LogP contribution in [0.2, 0.25) is 0 Å². The van der Waals surface area contributed by atoms with Crippen LogP contribution in [0.25, 0.3) is 11.1 Å². The van der Waals surface area contributed by atoms with Crippen molar-refractivity contribution in [3.05, 3.63) is 73.3 Å². The molecule has 0 fully saturated rings. The topological polar surface area (TPSA) is 55.8 Å². The molecule has 4 heteroatoms. The van der Waals surface area contributed by atoms with E-state index in [1.54, 1.807) is 31.2 Å². The van der Waals surface area contributed by atoms with Crippen molar-refractivity contribution < 1.29 is 19.4 Å². The zero-order valence-electron chi connectivity index (χ0n) is 12.9. The van der Waals surface area contributed by atoms with Gasteiger partial charge in [-0.25, -0.2) is 4.79 Å². The van der Waals surface area contributed by atoms with Gasteiger partial charge in [0.2, 0.25) is 6.29 Å². The highest BCUT2D eigenvalue weighted by molar-refractivity contribution is 5.88. The summed E-state index contributed by atoms with van der Waals surface area (Å²) in [5.41, 5.74) is 2.30. The Labute approximate surface area is 135 Å². The van der Waals surface area contributed by atoms with E-state index in [0.717, 1.165) is 11.1 Å². The van der Waals surface area contributed by atoms with Crippen LogP contribution in [-0.2, 0) is 4.79 Å². The number of aliphatic hydroxyl groups excluding tert-OH is 1. The lowest BCUT2D eigenvalue weighted by molar-refractivity contribution is -0.130.